The Morgan fingerprint density at radius 2 is 1.86 bits per heavy atom. The number of nitrogens with two attached hydrogens (primary N) is 1. The maximum Gasteiger partial charge on any atom is 0.341 e. The second-order valence-corrected chi connectivity index (χ2v) is 10.4. The zero-order chi connectivity index (χ0) is 20.5. The molecule has 28 heavy (non-hydrogen) atoms. The van der Waals surface area contributed by atoms with Gasteiger partial charge in [0.25, 0.3) is 5.91 Å². The lowest BCUT2D eigenvalue weighted by atomic mass is 9.81. The van der Waals surface area contributed by atoms with E-state index in [-0.39, 0.29) is 23.0 Å². The minimum Gasteiger partial charge on any atom is -0.462 e. The van der Waals surface area contributed by atoms with Gasteiger partial charge in [-0.3, -0.25) is 4.79 Å². The van der Waals surface area contributed by atoms with Crippen molar-refractivity contribution in [2.75, 3.05) is 31.6 Å². The zero-order valence-corrected chi connectivity index (χ0v) is 18.7. The molecule has 7 heteroatoms. The number of hydrogen-bond acceptors (Lipinski definition) is 4. The van der Waals surface area contributed by atoms with Crippen LogP contribution in [0.25, 0.3) is 0 Å². The summed E-state index contributed by atoms with van der Waals surface area (Å²) in [5.74, 6) is -0.337. The Morgan fingerprint density at radius 3 is 2.50 bits per heavy atom. The first-order valence-electron chi connectivity index (χ1n) is 10.5. The number of esters is 1. The van der Waals surface area contributed by atoms with Crippen molar-refractivity contribution in [1.29, 1.82) is 0 Å². The van der Waals surface area contributed by atoms with Crippen LogP contribution in [0.5, 0.6) is 0 Å². The SMILES string of the molecule is CCOC(=O)c1c(NC(=O)C[NH+]2CCCCC2)sc2c1CC(C)(C)[NH2+]C2(C)C. The van der Waals surface area contributed by atoms with Crippen LogP contribution < -0.4 is 15.5 Å². The summed E-state index contributed by atoms with van der Waals surface area (Å²) in [5.41, 5.74) is 1.45. The molecule has 0 saturated carbocycles. The molecule has 0 aromatic carbocycles. The molecular formula is C21H35N3O3S+2. The van der Waals surface area contributed by atoms with E-state index >= 15 is 0 Å². The van der Waals surface area contributed by atoms with Gasteiger partial charge in [0, 0.05) is 6.42 Å². The topological polar surface area (TPSA) is 76.4 Å². The molecule has 1 saturated heterocycles. The quantitative estimate of drug-likeness (QED) is 0.637. The molecule has 4 N–H and O–H groups in total. The Labute approximate surface area is 172 Å². The minimum absolute atomic E-state index is 0.0120. The normalized spacial score (nSPS) is 21.0. The third-order valence-electron chi connectivity index (χ3n) is 5.68. The third kappa shape index (κ3) is 4.58. The molecule has 3 heterocycles. The molecule has 3 rings (SSSR count). The predicted octanol–water partition coefficient (Wildman–Crippen LogP) is 1.07. The van der Waals surface area contributed by atoms with E-state index in [1.807, 2.05) is 6.92 Å². The molecular weight excluding hydrogens is 374 g/mol. The molecule has 1 amide bonds. The first-order valence-corrected chi connectivity index (χ1v) is 11.3. The van der Waals surface area contributed by atoms with Crippen molar-refractivity contribution < 1.29 is 24.5 Å². The Kier molecular flexibility index (Phi) is 6.17. The smallest absolute Gasteiger partial charge is 0.341 e. The van der Waals surface area contributed by atoms with Crippen molar-refractivity contribution >= 4 is 28.2 Å². The fourth-order valence-corrected chi connectivity index (χ4v) is 6.13. The molecule has 1 aromatic rings. The van der Waals surface area contributed by atoms with E-state index in [9.17, 15) is 9.59 Å². The number of carbonyl (C=O) groups is 2. The van der Waals surface area contributed by atoms with Gasteiger partial charge in [0.05, 0.1) is 35.7 Å². The van der Waals surface area contributed by atoms with Crippen LogP contribution in [0.1, 0.15) is 74.7 Å². The molecule has 1 aromatic heterocycles. The lowest BCUT2D eigenvalue weighted by Crippen LogP contribution is -3.13. The van der Waals surface area contributed by atoms with Crippen molar-refractivity contribution in [1.82, 2.24) is 0 Å². The standard InChI is InChI=1S/C21H33N3O3S/c1-6-27-19(26)16-14-12-20(2,3)23-21(4,5)17(14)28-18(16)22-15(25)13-24-10-8-7-9-11-24/h23H,6-13H2,1-5H3,(H,22,25)/p+2. The van der Waals surface area contributed by atoms with E-state index in [2.05, 4.69) is 38.3 Å². The molecule has 0 atom stereocenters. The van der Waals surface area contributed by atoms with Gasteiger partial charge in [-0.25, -0.2) is 4.79 Å². The maximum atomic E-state index is 12.8. The summed E-state index contributed by atoms with van der Waals surface area (Å²) in [6, 6.07) is 0. The van der Waals surface area contributed by atoms with Crippen LogP contribution in [0.4, 0.5) is 5.00 Å². The van der Waals surface area contributed by atoms with E-state index in [0.29, 0.717) is 23.7 Å². The number of nitrogens with one attached hydrogen (secondary N) is 2. The summed E-state index contributed by atoms with van der Waals surface area (Å²) in [5, 5.41) is 6.08. The van der Waals surface area contributed by atoms with E-state index in [1.165, 1.54) is 24.2 Å². The Bertz CT molecular complexity index is 748. The Morgan fingerprint density at radius 1 is 1.18 bits per heavy atom. The highest BCUT2D eigenvalue weighted by atomic mass is 32.1. The van der Waals surface area contributed by atoms with Gasteiger partial charge in [0.15, 0.2) is 6.54 Å². The first-order chi connectivity index (χ1) is 13.1. The predicted molar refractivity (Wildman–Crippen MR) is 111 cm³/mol. The lowest BCUT2D eigenvalue weighted by molar-refractivity contribution is -0.896. The molecule has 0 aliphatic carbocycles. The lowest BCUT2D eigenvalue weighted by Gasteiger charge is -2.38. The van der Waals surface area contributed by atoms with Crippen LogP contribution in [0.3, 0.4) is 0 Å². The van der Waals surface area contributed by atoms with Crippen LogP contribution in [-0.2, 0) is 21.5 Å². The number of anilines is 1. The number of carbonyl (C=O) groups excluding carboxylic acids is 2. The average molecular weight is 410 g/mol. The number of quaternary nitrogens is 2. The van der Waals surface area contributed by atoms with Gasteiger partial charge in [-0.15, -0.1) is 11.3 Å². The van der Waals surface area contributed by atoms with E-state index in [0.717, 1.165) is 30.0 Å². The van der Waals surface area contributed by atoms with Crippen molar-refractivity contribution in [3.63, 3.8) is 0 Å². The van der Waals surface area contributed by atoms with Gasteiger partial charge in [0.1, 0.15) is 10.5 Å². The first kappa shape index (κ1) is 21.3. The largest absolute Gasteiger partial charge is 0.462 e. The molecule has 6 nitrogen and oxygen atoms in total. The number of likely N-dealkylation sites (tertiary alicyclic amines) is 1. The monoisotopic (exact) mass is 409 g/mol. The Hall–Kier alpha value is -1.44. The van der Waals surface area contributed by atoms with Gasteiger partial charge < -0.3 is 20.3 Å². The van der Waals surface area contributed by atoms with Gasteiger partial charge in [-0.2, -0.15) is 0 Å². The number of amides is 1. The number of hydrogen-bond donors (Lipinski definition) is 3. The second kappa shape index (κ2) is 8.13. The number of fused-ring (bicyclic) bond motifs is 1. The summed E-state index contributed by atoms with van der Waals surface area (Å²) in [4.78, 5) is 28.0. The van der Waals surface area contributed by atoms with Gasteiger partial charge in [-0.1, -0.05) is 0 Å². The van der Waals surface area contributed by atoms with Crippen molar-refractivity contribution in [2.45, 2.75) is 71.4 Å². The van der Waals surface area contributed by atoms with E-state index < -0.39 is 0 Å². The van der Waals surface area contributed by atoms with Gasteiger partial charge in [-0.05, 0) is 59.4 Å². The highest BCUT2D eigenvalue weighted by Gasteiger charge is 2.45. The summed E-state index contributed by atoms with van der Waals surface area (Å²) < 4.78 is 5.36. The van der Waals surface area contributed by atoms with Crippen LogP contribution in [0.15, 0.2) is 0 Å². The van der Waals surface area contributed by atoms with Crippen LogP contribution in [0.2, 0.25) is 0 Å². The molecule has 2 aliphatic heterocycles. The number of thiophene rings is 1. The van der Waals surface area contributed by atoms with Gasteiger partial charge >= 0.3 is 5.97 Å². The third-order valence-corrected chi connectivity index (χ3v) is 7.17. The summed E-state index contributed by atoms with van der Waals surface area (Å²) >= 11 is 1.54. The van der Waals surface area contributed by atoms with Crippen molar-refractivity contribution in [3.8, 4) is 0 Å². The molecule has 0 radical (unpaired) electrons. The molecule has 2 aliphatic rings. The Balaban J connectivity index is 1.91. The zero-order valence-electron chi connectivity index (χ0n) is 17.9. The second-order valence-electron chi connectivity index (χ2n) is 9.40. The molecule has 0 spiro atoms. The number of rotatable bonds is 5. The summed E-state index contributed by atoms with van der Waals surface area (Å²) in [6.07, 6.45) is 4.41. The average Bonchev–Trinajstić information content (AvgIpc) is 2.92. The van der Waals surface area contributed by atoms with Crippen LogP contribution >= 0.6 is 11.3 Å². The summed E-state index contributed by atoms with van der Waals surface area (Å²) in [6.45, 7) is 13.5. The van der Waals surface area contributed by atoms with Crippen molar-refractivity contribution in [2.24, 2.45) is 0 Å². The number of ether oxygens (including phenoxy) is 1. The molecule has 156 valence electrons. The molecule has 1 fully saturated rings. The fourth-order valence-electron chi connectivity index (χ4n) is 4.84. The van der Waals surface area contributed by atoms with Crippen LogP contribution in [0, 0.1) is 0 Å². The van der Waals surface area contributed by atoms with E-state index in [1.54, 1.807) is 11.3 Å². The highest BCUT2D eigenvalue weighted by Crippen LogP contribution is 2.42. The molecule has 0 unspecified atom stereocenters. The molecule has 0 bridgehead atoms. The summed E-state index contributed by atoms with van der Waals surface area (Å²) in [7, 11) is 0. The van der Waals surface area contributed by atoms with Crippen LogP contribution in [-0.4, -0.2) is 43.7 Å². The number of piperidine rings is 1. The van der Waals surface area contributed by atoms with E-state index in [4.69, 9.17) is 4.74 Å². The minimum atomic E-state index is -0.325. The van der Waals surface area contributed by atoms with Gasteiger partial charge in [0.2, 0.25) is 0 Å². The van der Waals surface area contributed by atoms with Crippen molar-refractivity contribution in [3.05, 3.63) is 16.0 Å². The fraction of sp³-hybridized carbons (Fsp3) is 0.714. The highest BCUT2D eigenvalue weighted by molar-refractivity contribution is 7.17. The maximum absolute atomic E-state index is 12.8.